The Balaban J connectivity index is 2.21. The first kappa shape index (κ1) is 11.9. The number of carbonyl (C=O) groups excluding carboxylic acids is 1. The van der Waals surface area contributed by atoms with Crippen molar-refractivity contribution in [1.29, 1.82) is 5.26 Å². The van der Waals surface area contributed by atoms with E-state index in [-0.39, 0.29) is 6.42 Å². The molecule has 1 heterocycles. The van der Waals surface area contributed by atoms with Crippen LogP contribution in [0.25, 0.3) is 0 Å². The Hall–Kier alpha value is -2.16. The quantitative estimate of drug-likeness (QED) is 0.736. The molecule has 0 aliphatic carbocycles. The second-order valence-electron chi connectivity index (χ2n) is 3.01. The fourth-order valence-electron chi connectivity index (χ4n) is 0.949. The monoisotopic (exact) mass is 220 g/mol. The molecule has 6 nitrogen and oxygen atoms in total. The first-order valence-corrected chi connectivity index (χ1v) is 4.82. The van der Waals surface area contributed by atoms with Crippen LogP contribution >= 0.6 is 0 Å². The molecule has 0 amide bonds. The zero-order valence-corrected chi connectivity index (χ0v) is 8.88. The van der Waals surface area contributed by atoms with Gasteiger partial charge >= 0.3 is 5.97 Å². The molecule has 1 N–H and O–H groups in total. The van der Waals surface area contributed by atoms with Gasteiger partial charge in [0.2, 0.25) is 5.95 Å². The first-order valence-electron chi connectivity index (χ1n) is 4.82. The van der Waals surface area contributed by atoms with Crippen LogP contribution in [0.15, 0.2) is 18.5 Å². The summed E-state index contributed by atoms with van der Waals surface area (Å²) < 4.78 is 4.76. The van der Waals surface area contributed by atoms with Crippen LogP contribution in [-0.2, 0) is 9.53 Å². The number of carbonyl (C=O) groups is 1. The highest BCUT2D eigenvalue weighted by Crippen LogP contribution is 1.96. The van der Waals surface area contributed by atoms with Gasteiger partial charge in [-0.3, -0.25) is 4.79 Å². The number of hydrogen-bond donors (Lipinski definition) is 1. The smallest absolute Gasteiger partial charge is 0.308 e. The van der Waals surface area contributed by atoms with Crippen LogP contribution in [0.1, 0.15) is 13.3 Å². The predicted octanol–water partition coefficient (Wildman–Crippen LogP) is 0.734. The van der Waals surface area contributed by atoms with E-state index in [1.54, 1.807) is 18.5 Å². The predicted molar refractivity (Wildman–Crippen MR) is 56.3 cm³/mol. The van der Waals surface area contributed by atoms with Gasteiger partial charge in [0.15, 0.2) is 6.10 Å². The van der Waals surface area contributed by atoms with Gasteiger partial charge in [-0.1, -0.05) is 0 Å². The van der Waals surface area contributed by atoms with Crippen LogP contribution < -0.4 is 5.32 Å². The molecule has 84 valence electrons. The molecule has 0 radical (unpaired) electrons. The lowest BCUT2D eigenvalue weighted by Gasteiger charge is -2.06. The minimum atomic E-state index is -0.708. The van der Waals surface area contributed by atoms with Crippen molar-refractivity contribution < 1.29 is 9.53 Å². The van der Waals surface area contributed by atoms with Crippen molar-refractivity contribution in [3.8, 4) is 6.07 Å². The van der Waals surface area contributed by atoms with E-state index in [1.807, 2.05) is 6.07 Å². The Morgan fingerprint density at radius 3 is 2.94 bits per heavy atom. The molecule has 1 aromatic rings. The number of esters is 1. The zero-order valence-electron chi connectivity index (χ0n) is 8.88. The van der Waals surface area contributed by atoms with Crippen LogP contribution in [0.5, 0.6) is 0 Å². The third-order valence-corrected chi connectivity index (χ3v) is 1.67. The summed E-state index contributed by atoms with van der Waals surface area (Å²) in [6.45, 7) is 1.90. The lowest BCUT2D eigenvalue weighted by Crippen LogP contribution is -2.16. The highest BCUT2D eigenvalue weighted by molar-refractivity contribution is 5.70. The molecule has 0 aliphatic rings. The van der Waals surface area contributed by atoms with E-state index in [0.29, 0.717) is 12.5 Å². The standard InChI is InChI=1S/C10H12N4O2/c1-8(7-11)16-9(15)3-6-14-10-12-4-2-5-13-10/h2,4-5,8H,3,6H2,1H3,(H,12,13,14). The van der Waals surface area contributed by atoms with Crippen molar-refractivity contribution in [3.05, 3.63) is 18.5 Å². The lowest BCUT2D eigenvalue weighted by molar-refractivity contribution is -0.145. The Morgan fingerprint density at radius 1 is 1.62 bits per heavy atom. The lowest BCUT2D eigenvalue weighted by atomic mass is 10.4. The normalized spacial score (nSPS) is 11.2. The minimum Gasteiger partial charge on any atom is -0.447 e. The molecule has 6 heteroatoms. The van der Waals surface area contributed by atoms with Crippen LogP contribution in [0.2, 0.25) is 0 Å². The Bertz CT molecular complexity index is 374. The molecule has 16 heavy (non-hydrogen) atoms. The third kappa shape index (κ3) is 4.37. The first-order chi connectivity index (χ1) is 7.72. The molecule has 1 rings (SSSR count). The van der Waals surface area contributed by atoms with Gasteiger partial charge in [-0.2, -0.15) is 5.26 Å². The van der Waals surface area contributed by atoms with Crippen LogP contribution in [0, 0.1) is 11.3 Å². The van der Waals surface area contributed by atoms with Gasteiger partial charge in [-0.25, -0.2) is 9.97 Å². The second-order valence-corrected chi connectivity index (χ2v) is 3.01. The van der Waals surface area contributed by atoms with Crippen molar-refractivity contribution in [2.24, 2.45) is 0 Å². The molecule has 0 fully saturated rings. The number of nitrogens with zero attached hydrogens (tertiary/aromatic N) is 3. The average molecular weight is 220 g/mol. The molecule has 0 bridgehead atoms. The van der Waals surface area contributed by atoms with Gasteiger partial charge in [0, 0.05) is 18.9 Å². The maximum atomic E-state index is 11.1. The van der Waals surface area contributed by atoms with Gasteiger partial charge in [-0.15, -0.1) is 0 Å². The maximum absolute atomic E-state index is 11.1. The van der Waals surface area contributed by atoms with E-state index in [4.69, 9.17) is 10.00 Å². The number of aromatic nitrogens is 2. The third-order valence-electron chi connectivity index (χ3n) is 1.67. The van der Waals surface area contributed by atoms with Crippen molar-refractivity contribution in [3.63, 3.8) is 0 Å². The van der Waals surface area contributed by atoms with E-state index in [1.165, 1.54) is 6.92 Å². The summed E-state index contributed by atoms with van der Waals surface area (Å²) in [5.74, 6) is 0.0427. The summed E-state index contributed by atoms with van der Waals surface area (Å²) >= 11 is 0. The molecule has 0 saturated carbocycles. The highest BCUT2D eigenvalue weighted by atomic mass is 16.5. The van der Waals surface area contributed by atoms with Crippen LogP contribution in [-0.4, -0.2) is 28.6 Å². The SMILES string of the molecule is CC(C#N)OC(=O)CCNc1ncccn1. The molecular weight excluding hydrogens is 208 g/mol. The number of ether oxygens (including phenoxy) is 1. The van der Waals surface area contributed by atoms with Crippen LogP contribution in [0.4, 0.5) is 5.95 Å². The Morgan fingerprint density at radius 2 is 2.31 bits per heavy atom. The zero-order chi connectivity index (χ0) is 11.8. The van der Waals surface area contributed by atoms with Gasteiger partial charge in [0.25, 0.3) is 0 Å². The molecule has 1 unspecified atom stereocenters. The van der Waals surface area contributed by atoms with Crippen molar-refractivity contribution in [1.82, 2.24) is 9.97 Å². The van der Waals surface area contributed by atoms with Crippen molar-refractivity contribution in [2.45, 2.75) is 19.4 Å². The minimum absolute atomic E-state index is 0.171. The van der Waals surface area contributed by atoms with Gasteiger partial charge in [0.1, 0.15) is 6.07 Å². The largest absolute Gasteiger partial charge is 0.447 e. The van der Waals surface area contributed by atoms with E-state index in [9.17, 15) is 4.79 Å². The Kier molecular flexibility index (Phi) is 4.73. The van der Waals surface area contributed by atoms with E-state index < -0.39 is 12.1 Å². The van der Waals surface area contributed by atoms with Crippen molar-refractivity contribution in [2.75, 3.05) is 11.9 Å². The summed E-state index contributed by atoms with van der Waals surface area (Å²) in [5, 5.41) is 11.3. The summed E-state index contributed by atoms with van der Waals surface area (Å²) in [4.78, 5) is 19.0. The molecule has 0 saturated heterocycles. The maximum Gasteiger partial charge on any atom is 0.308 e. The van der Waals surface area contributed by atoms with E-state index in [2.05, 4.69) is 15.3 Å². The molecule has 1 aromatic heterocycles. The van der Waals surface area contributed by atoms with Gasteiger partial charge in [-0.05, 0) is 13.0 Å². The van der Waals surface area contributed by atoms with Gasteiger partial charge < -0.3 is 10.1 Å². The number of nitriles is 1. The molecule has 0 aromatic carbocycles. The van der Waals surface area contributed by atoms with Crippen LogP contribution in [0.3, 0.4) is 0 Å². The van der Waals surface area contributed by atoms with E-state index >= 15 is 0 Å². The molecule has 0 aliphatic heterocycles. The number of anilines is 1. The van der Waals surface area contributed by atoms with E-state index in [0.717, 1.165) is 0 Å². The fraction of sp³-hybridized carbons (Fsp3) is 0.400. The highest BCUT2D eigenvalue weighted by Gasteiger charge is 2.07. The fourth-order valence-corrected chi connectivity index (χ4v) is 0.949. The Labute approximate surface area is 93.3 Å². The van der Waals surface area contributed by atoms with Gasteiger partial charge in [0.05, 0.1) is 6.42 Å². The molecule has 1 atom stereocenters. The van der Waals surface area contributed by atoms with Crippen molar-refractivity contribution >= 4 is 11.9 Å². The average Bonchev–Trinajstić information content (AvgIpc) is 2.30. The number of hydrogen-bond acceptors (Lipinski definition) is 6. The molecular formula is C10H12N4O2. The molecule has 0 spiro atoms. The second kappa shape index (κ2) is 6.35. The summed E-state index contributed by atoms with van der Waals surface area (Å²) in [6, 6.07) is 3.52. The summed E-state index contributed by atoms with van der Waals surface area (Å²) in [6.07, 6.45) is 2.67. The topological polar surface area (TPSA) is 87.9 Å². The summed E-state index contributed by atoms with van der Waals surface area (Å²) in [7, 11) is 0. The number of nitrogens with one attached hydrogen (secondary N) is 1. The summed E-state index contributed by atoms with van der Waals surface area (Å²) in [5.41, 5.74) is 0. The number of rotatable bonds is 5.